The largest absolute Gasteiger partial charge is 0.491 e. The second-order valence-electron chi connectivity index (χ2n) is 4.47. The number of hydrogen-bond donors (Lipinski definition) is 1. The Kier molecular flexibility index (Phi) is 4.96. The van der Waals surface area contributed by atoms with Gasteiger partial charge in [-0.15, -0.1) is 0 Å². The quantitative estimate of drug-likeness (QED) is 0.877. The second-order valence-corrected chi connectivity index (χ2v) is 5.26. The average Bonchev–Trinajstić information content (AvgIpc) is 2.45. The van der Waals surface area contributed by atoms with E-state index < -0.39 is 5.82 Å². The van der Waals surface area contributed by atoms with Gasteiger partial charge in [-0.25, -0.2) is 4.39 Å². The van der Waals surface area contributed by atoms with Gasteiger partial charge in [-0.3, -0.25) is 4.79 Å². The summed E-state index contributed by atoms with van der Waals surface area (Å²) in [5, 5.41) is 2.67. The molecule has 1 N–H and O–H groups in total. The van der Waals surface area contributed by atoms with Crippen molar-refractivity contribution in [3.8, 4) is 5.75 Å². The summed E-state index contributed by atoms with van der Waals surface area (Å²) in [6.45, 7) is 4.07. The summed E-state index contributed by atoms with van der Waals surface area (Å²) in [5.74, 6) is -0.626. The molecule has 0 saturated heterocycles. The Bertz CT molecular complexity index is 673. The Balaban J connectivity index is 2.20. The van der Waals surface area contributed by atoms with Gasteiger partial charge in [-0.2, -0.15) is 0 Å². The number of halogens is 2. The molecule has 5 heteroatoms. The van der Waals surface area contributed by atoms with Crippen molar-refractivity contribution in [1.82, 2.24) is 0 Å². The molecule has 3 nitrogen and oxygen atoms in total. The first-order chi connectivity index (χ1) is 10.0. The highest BCUT2D eigenvalue weighted by Gasteiger charge is 2.12. The monoisotopic (exact) mass is 351 g/mol. The summed E-state index contributed by atoms with van der Waals surface area (Å²) in [5.41, 5.74) is 1.85. The topological polar surface area (TPSA) is 38.3 Å². The predicted molar refractivity (Wildman–Crippen MR) is 84.4 cm³/mol. The van der Waals surface area contributed by atoms with Crippen molar-refractivity contribution in [2.24, 2.45) is 0 Å². The van der Waals surface area contributed by atoms with Crippen LogP contribution in [0.3, 0.4) is 0 Å². The number of benzene rings is 2. The molecule has 0 bridgehead atoms. The molecule has 21 heavy (non-hydrogen) atoms. The summed E-state index contributed by atoms with van der Waals surface area (Å²) < 4.78 is 19.6. The molecular weight excluding hydrogens is 337 g/mol. The van der Waals surface area contributed by atoms with E-state index in [0.717, 1.165) is 10.0 Å². The Labute approximate surface area is 131 Å². The Morgan fingerprint density at radius 3 is 2.76 bits per heavy atom. The number of amides is 1. The first kappa shape index (κ1) is 15.5. The molecule has 0 aliphatic heterocycles. The van der Waals surface area contributed by atoms with Gasteiger partial charge in [0.15, 0.2) is 11.6 Å². The molecular formula is C16H15BrFNO2. The van der Waals surface area contributed by atoms with Crippen molar-refractivity contribution in [3.63, 3.8) is 0 Å². The van der Waals surface area contributed by atoms with Crippen LogP contribution in [0.2, 0.25) is 0 Å². The van der Waals surface area contributed by atoms with Crippen molar-refractivity contribution in [3.05, 3.63) is 57.8 Å². The summed E-state index contributed by atoms with van der Waals surface area (Å²) in [6.07, 6.45) is 0. The molecule has 2 aromatic rings. The zero-order valence-corrected chi connectivity index (χ0v) is 13.3. The third-order valence-electron chi connectivity index (χ3n) is 2.93. The molecule has 0 aliphatic rings. The minimum absolute atomic E-state index is 0.173. The lowest BCUT2D eigenvalue weighted by molar-refractivity contribution is 0.102. The zero-order valence-electron chi connectivity index (χ0n) is 11.7. The standard InChI is InChI=1S/C16H15BrFNO2/c1-3-21-14-8-7-11(9-13(14)18)19-16(20)12-6-4-5-10(2)15(12)17/h4-9H,3H2,1-2H3,(H,19,20). The molecule has 0 spiro atoms. The van der Waals surface area contributed by atoms with Crippen molar-refractivity contribution < 1.29 is 13.9 Å². The number of ether oxygens (including phenoxy) is 1. The smallest absolute Gasteiger partial charge is 0.256 e. The van der Waals surface area contributed by atoms with Crippen LogP contribution in [0.25, 0.3) is 0 Å². The third-order valence-corrected chi connectivity index (χ3v) is 3.98. The highest BCUT2D eigenvalue weighted by atomic mass is 79.9. The van der Waals surface area contributed by atoms with E-state index in [1.807, 2.05) is 13.0 Å². The number of hydrogen-bond acceptors (Lipinski definition) is 2. The fourth-order valence-corrected chi connectivity index (χ4v) is 2.32. The molecule has 0 heterocycles. The number of anilines is 1. The normalized spacial score (nSPS) is 10.3. The van der Waals surface area contributed by atoms with Crippen molar-refractivity contribution in [2.45, 2.75) is 13.8 Å². The molecule has 2 rings (SSSR count). The fraction of sp³-hybridized carbons (Fsp3) is 0.188. The van der Waals surface area contributed by atoms with E-state index in [1.165, 1.54) is 12.1 Å². The van der Waals surface area contributed by atoms with E-state index in [9.17, 15) is 9.18 Å². The molecule has 0 radical (unpaired) electrons. The van der Waals surface area contributed by atoms with E-state index in [2.05, 4.69) is 21.2 Å². The van der Waals surface area contributed by atoms with Gasteiger partial charge in [0.1, 0.15) is 0 Å². The Morgan fingerprint density at radius 2 is 2.10 bits per heavy atom. The molecule has 1 amide bonds. The number of rotatable bonds is 4. The van der Waals surface area contributed by atoms with Gasteiger partial charge in [0, 0.05) is 16.2 Å². The molecule has 2 aromatic carbocycles. The van der Waals surface area contributed by atoms with Crippen molar-refractivity contribution in [2.75, 3.05) is 11.9 Å². The molecule has 0 fully saturated rings. The predicted octanol–water partition coefficient (Wildman–Crippen LogP) is 4.55. The maximum atomic E-state index is 13.7. The lowest BCUT2D eigenvalue weighted by atomic mass is 10.1. The number of aryl methyl sites for hydroxylation is 1. The summed E-state index contributed by atoms with van der Waals surface area (Å²) in [7, 11) is 0. The van der Waals surface area contributed by atoms with E-state index in [0.29, 0.717) is 17.9 Å². The van der Waals surface area contributed by atoms with E-state index in [-0.39, 0.29) is 11.7 Å². The van der Waals surface area contributed by atoms with Crippen LogP contribution in [-0.2, 0) is 0 Å². The van der Waals surface area contributed by atoms with Gasteiger partial charge in [0.25, 0.3) is 5.91 Å². The van der Waals surface area contributed by atoms with Gasteiger partial charge in [-0.1, -0.05) is 12.1 Å². The number of carbonyl (C=O) groups is 1. The average molecular weight is 352 g/mol. The van der Waals surface area contributed by atoms with Gasteiger partial charge >= 0.3 is 0 Å². The molecule has 0 saturated carbocycles. The van der Waals surface area contributed by atoms with Crippen LogP contribution < -0.4 is 10.1 Å². The SMILES string of the molecule is CCOc1ccc(NC(=O)c2cccc(C)c2Br)cc1F. The van der Waals surface area contributed by atoms with Crippen LogP contribution in [0, 0.1) is 12.7 Å². The molecule has 0 atom stereocenters. The van der Waals surface area contributed by atoms with Crippen molar-refractivity contribution >= 4 is 27.5 Å². The Hall–Kier alpha value is -1.88. The van der Waals surface area contributed by atoms with Crippen LogP contribution >= 0.6 is 15.9 Å². The highest BCUT2D eigenvalue weighted by Crippen LogP contribution is 2.24. The van der Waals surface area contributed by atoms with Crippen LogP contribution in [0.5, 0.6) is 5.75 Å². The number of nitrogens with one attached hydrogen (secondary N) is 1. The van der Waals surface area contributed by atoms with Gasteiger partial charge in [-0.05, 0) is 53.5 Å². The second kappa shape index (κ2) is 6.72. The van der Waals surface area contributed by atoms with Crippen LogP contribution in [0.15, 0.2) is 40.9 Å². The maximum Gasteiger partial charge on any atom is 0.256 e. The minimum Gasteiger partial charge on any atom is -0.491 e. The molecule has 110 valence electrons. The van der Waals surface area contributed by atoms with Crippen LogP contribution in [0.4, 0.5) is 10.1 Å². The molecule has 0 aromatic heterocycles. The first-order valence-electron chi connectivity index (χ1n) is 6.51. The summed E-state index contributed by atoms with van der Waals surface area (Å²) in [6, 6.07) is 9.75. The van der Waals surface area contributed by atoms with Gasteiger partial charge in [0.2, 0.25) is 0 Å². The Morgan fingerprint density at radius 1 is 1.33 bits per heavy atom. The van der Waals surface area contributed by atoms with Gasteiger partial charge in [0.05, 0.1) is 12.2 Å². The van der Waals surface area contributed by atoms with Crippen molar-refractivity contribution in [1.29, 1.82) is 0 Å². The van der Waals surface area contributed by atoms with Crippen LogP contribution in [0.1, 0.15) is 22.8 Å². The highest BCUT2D eigenvalue weighted by molar-refractivity contribution is 9.10. The van der Waals surface area contributed by atoms with E-state index in [1.54, 1.807) is 25.1 Å². The lowest BCUT2D eigenvalue weighted by Crippen LogP contribution is -2.13. The fourth-order valence-electron chi connectivity index (χ4n) is 1.87. The third kappa shape index (κ3) is 3.61. The minimum atomic E-state index is -0.502. The molecule has 0 unspecified atom stereocenters. The lowest BCUT2D eigenvalue weighted by Gasteiger charge is -2.10. The van der Waals surface area contributed by atoms with Gasteiger partial charge < -0.3 is 10.1 Å². The van der Waals surface area contributed by atoms with Crippen LogP contribution in [-0.4, -0.2) is 12.5 Å². The number of carbonyl (C=O) groups excluding carboxylic acids is 1. The zero-order chi connectivity index (χ0) is 15.4. The summed E-state index contributed by atoms with van der Waals surface area (Å²) in [4.78, 5) is 12.2. The first-order valence-corrected chi connectivity index (χ1v) is 7.31. The summed E-state index contributed by atoms with van der Waals surface area (Å²) >= 11 is 3.39. The maximum absolute atomic E-state index is 13.7. The van der Waals surface area contributed by atoms with E-state index >= 15 is 0 Å². The molecule has 0 aliphatic carbocycles. The van der Waals surface area contributed by atoms with E-state index in [4.69, 9.17) is 4.74 Å².